The lowest BCUT2D eigenvalue weighted by Gasteiger charge is -2.54. The van der Waals surface area contributed by atoms with Crippen molar-refractivity contribution in [2.75, 3.05) is 19.6 Å². The van der Waals surface area contributed by atoms with Gasteiger partial charge in [-0.05, 0) is 19.8 Å². The molecular formula is C11H22N+. The van der Waals surface area contributed by atoms with Gasteiger partial charge in [0.15, 0.2) is 0 Å². The van der Waals surface area contributed by atoms with Gasteiger partial charge in [0.25, 0.3) is 0 Å². The number of hydrogen-bond acceptors (Lipinski definition) is 0. The summed E-state index contributed by atoms with van der Waals surface area (Å²) in [5.74, 6) is 2.07. The van der Waals surface area contributed by atoms with Crippen LogP contribution in [0.1, 0.15) is 33.6 Å². The summed E-state index contributed by atoms with van der Waals surface area (Å²) in [6, 6.07) is 0.855. The molecule has 2 bridgehead atoms. The van der Waals surface area contributed by atoms with Crippen molar-refractivity contribution in [2.45, 2.75) is 39.7 Å². The molecule has 0 aromatic carbocycles. The second-order valence-electron chi connectivity index (χ2n) is 5.26. The van der Waals surface area contributed by atoms with Crippen molar-refractivity contribution < 1.29 is 4.48 Å². The maximum absolute atomic E-state index is 2.46. The molecule has 1 heteroatoms. The van der Waals surface area contributed by atoms with Gasteiger partial charge in [-0.2, -0.15) is 0 Å². The zero-order valence-corrected chi connectivity index (χ0v) is 8.71. The van der Waals surface area contributed by atoms with Crippen molar-refractivity contribution in [3.63, 3.8) is 0 Å². The van der Waals surface area contributed by atoms with Crippen molar-refractivity contribution in [3.8, 4) is 0 Å². The zero-order valence-electron chi connectivity index (χ0n) is 8.71. The normalized spacial score (nSPS) is 47.0. The van der Waals surface area contributed by atoms with Crippen molar-refractivity contribution in [1.82, 2.24) is 0 Å². The van der Waals surface area contributed by atoms with Crippen molar-refractivity contribution >= 4 is 0 Å². The van der Waals surface area contributed by atoms with E-state index in [1.807, 2.05) is 0 Å². The fourth-order valence-corrected chi connectivity index (χ4v) is 3.30. The van der Waals surface area contributed by atoms with Gasteiger partial charge in [0, 0.05) is 18.8 Å². The standard InChI is InChI=1S/C11H22N/c1-9(2)12-6-4-11(5-7-12)10(3)8-12/h9-11H,4-8H2,1-3H3/q+1. The first kappa shape index (κ1) is 8.55. The lowest BCUT2D eigenvalue weighted by Crippen LogP contribution is -2.64. The SMILES string of the molecule is CC1C[N+]2(C(C)C)CCC1CC2. The molecule has 0 aromatic heterocycles. The van der Waals surface area contributed by atoms with Gasteiger partial charge in [-0.1, -0.05) is 6.92 Å². The van der Waals surface area contributed by atoms with Gasteiger partial charge < -0.3 is 4.48 Å². The number of quaternary nitrogens is 1. The van der Waals surface area contributed by atoms with E-state index >= 15 is 0 Å². The summed E-state index contributed by atoms with van der Waals surface area (Å²) in [7, 11) is 0. The maximum atomic E-state index is 2.46. The van der Waals surface area contributed by atoms with Crippen LogP contribution in [0.3, 0.4) is 0 Å². The summed E-state index contributed by atoms with van der Waals surface area (Å²) in [5.41, 5.74) is 0. The lowest BCUT2D eigenvalue weighted by atomic mass is 9.77. The van der Waals surface area contributed by atoms with E-state index in [0.29, 0.717) is 0 Å². The molecule has 3 aliphatic rings. The van der Waals surface area contributed by atoms with Crippen LogP contribution in [0.2, 0.25) is 0 Å². The van der Waals surface area contributed by atoms with Gasteiger partial charge in [-0.15, -0.1) is 0 Å². The highest BCUT2D eigenvalue weighted by Gasteiger charge is 2.45. The minimum absolute atomic E-state index is 0.855. The fraction of sp³-hybridized carbons (Fsp3) is 1.00. The monoisotopic (exact) mass is 168 g/mol. The average Bonchev–Trinajstić information content (AvgIpc) is 2.05. The van der Waals surface area contributed by atoms with Gasteiger partial charge in [0.05, 0.1) is 25.7 Å². The van der Waals surface area contributed by atoms with Crippen molar-refractivity contribution in [1.29, 1.82) is 0 Å². The smallest absolute Gasteiger partial charge is 0.0833 e. The summed E-state index contributed by atoms with van der Waals surface area (Å²) in [5, 5.41) is 0. The van der Waals surface area contributed by atoms with Crippen LogP contribution in [0.5, 0.6) is 0 Å². The van der Waals surface area contributed by atoms with E-state index in [2.05, 4.69) is 20.8 Å². The van der Waals surface area contributed by atoms with Crippen molar-refractivity contribution in [2.24, 2.45) is 11.8 Å². The first-order valence-electron chi connectivity index (χ1n) is 5.50. The molecule has 0 amide bonds. The Morgan fingerprint density at radius 1 is 1.17 bits per heavy atom. The summed E-state index contributed by atoms with van der Waals surface area (Å²) in [6.45, 7) is 11.6. The quantitative estimate of drug-likeness (QED) is 0.527. The zero-order chi connectivity index (χ0) is 8.77. The molecule has 0 aliphatic carbocycles. The first-order chi connectivity index (χ1) is 5.64. The Hall–Kier alpha value is -0.0400. The van der Waals surface area contributed by atoms with Crippen LogP contribution >= 0.6 is 0 Å². The summed E-state index contributed by atoms with van der Waals surface area (Å²) in [4.78, 5) is 0. The van der Waals surface area contributed by atoms with Crippen molar-refractivity contribution in [3.05, 3.63) is 0 Å². The minimum atomic E-state index is 0.855. The Kier molecular flexibility index (Phi) is 1.95. The summed E-state index contributed by atoms with van der Waals surface area (Å²) in [6.07, 6.45) is 3.00. The van der Waals surface area contributed by atoms with Gasteiger partial charge in [0.2, 0.25) is 0 Å². The number of hydrogen-bond donors (Lipinski definition) is 0. The first-order valence-corrected chi connectivity index (χ1v) is 5.50. The Bertz CT molecular complexity index is 166. The summed E-state index contributed by atoms with van der Waals surface area (Å²) < 4.78 is 1.43. The van der Waals surface area contributed by atoms with Crippen LogP contribution in [0.25, 0.3) is 0 Å². The molecule has 0 N–H and O–H groups in total. The van der Waals surface area contributed by atoms with E-state index in [0.717, 1.165) is 17.9 Å². The molecule has 3 rings (SSSR count). The largest absolute Gasteiger partial charge is 0.321 e. The predicted molar refractivity (Wildman–Crippen MR) is 51.9 cm³/mol. The fourth-order valence-electron chi connectivity index (χ4n) is 3.30. The van der Waals surface area contributed by atoms with Gasteiger partial charge in [-0.25, -0.2) is 0 Å². The van der Waals surface area contributed by atoms with Gasteiger partial charge in [-0.3, -0.25) is 0 Å². The van der Waals surface area contributed by atoms with E-state index in [4.69, 9.17) is 0 Å². The van der Waals surface area contributed by atoms with Gasteiger partial charge >= 0.3 is 0 Å². The highest BCUT2D eigenvalue weighted by Crippen LogP contribution is 2.38. The highest BCUT2D eigenvalue weighted by atomic mass is 15.4. The van der Waals surface area contributed by atoms with Gasteiger partial charge in [0.1, 0.15) is 0 Å². The number of fused-ring (bicyclic) bond motifs is 3. The molecule has 0 saturated carbocycles. The van der Waals surface area contributed by atoms with E-state index in [1.165, 1.54) is 37.0 Å². The van der Waals surface area contributed by atoms with E-state index in [1.54, 1.807) is 0 Å². The molecule has 3 aliphatic heterocycles. The lowest BCUT2D eigenvalue weighted by molar-refractivity contribution is -0.965. The Labute approximate surface area is 76.3 Å². The molecular weight excluding hydrogens is 146 g/mol. The van der Waals surface area contributed by atoms with Crippen LogP contribution < -0.4 is 0 Å². The third-order valence-corrected chi connectivity index (χ3v) is 4.44. The third kappa shape index (κ3) is 1.10. The maximum Gasteiger partial charge on any atom is 0.0833 e. The predicted octanol–water partition coefficient (Wildman–Crippen LogP) is 2.27. The van der Waals surface area contributed by atoms with Crippen LogP contribution in [0.4, 0.5) is 0 Å². The van der Waals surface area contributed by atoms with Crippen LogP contribution in [-0.4, -0.2) is 30.2 Å². The number of rotatable bonds is 1. The average molecular weight is 168 g/mol. The molecule has 1 nitrogen and oxygen atoms in total. The van der Waals surface area contributed by atoms with E-state index < -0.39 is 0 Å². The minimum Gasteiger partial charge on any atom is -0.321 e. The molecule has 0 radical (unpaired) electrons. The molecule has 1 atom stereocenters. The van der Waals surface area contributed by atoms with E-state index in [9.17, 15) is 0 Å². The molecule has 12 heavy (non-hydrogen) atoms. The summed E-state index contributed by atoms with van der Waals surface area (Å²) >= 11 is 0. The Morgan fingerprint density at radius 2 is 1.75 bits per heavy atom. The molecule has 70 valence electrons. The molecule has 3 fully saturated rings. The molecule has 0 spiro atoms. The van der Waals surface area contributed by atoms with Crippen LogP contribution in [0.15, 0.2) is 0 Å². The molecule has 3 saturated heterocycles. The topological polar surface area (TPSA) is 0 Å². The second kappa shape index (κ2) is 2.73. The molecule has 1 unspecified atom stereocenters. The second-order valence-corrected chi connectivity index (χ2v) is 5.26. The van der Waals surface area contributed by atoms with Crippen LogP contribution in [0, 0.1) is 11.8 Å². The highest BCUT2D eigenvalue weighted by molar-refractivity contribution is 4.78. The van der Waals surface area contributed by atoms with E-state index in [-0.39, 0.29) is 0 Å². The Morgan fingerprint density at radius 3 is 2.08 bits per heavy atom. The number of nitrogens with zero attached hydrogens (tertiary/aromatic N) is 1. The Balaban J connectivity index is 2.16. The number of piperidine rings is 3. The molecule has 3 heterocycles. The third-order valence-electron chi connectivity index (χ3n) is 4.44. The van der Waals surface area contributed by atoms with Crippen LogP contribution in [-0.2, 0) is 0 Å². The molecule has 0 aromatic rings.